The van der Waals surface area contributed by atoms with Gasteiger partial charge in [0.15, 0.2) is 0 Å². The lowest BCUT2D eigenvalue weighted by Gasteiger charge is -2.42. The quantitative estimate of drug-likeness (QED) is 0.362. The van der Waals surface area contributed by atoms with Crippen LogP contribution >= 0.6 is 0 Å². The summed E-state index contributed by atoms with van der Waals surface area (Å²) in [5, 5.41) is 24.7. The van der Waals surface area contributed by atoms with Crippen molar-refractivity contribution in [1.82, 2.24) is 14.9 Å². The first-order valence-electron chi connectivity index (χ1n) is 12.5. The van der Waals surface area contributed by atoms with Gasteiger partial charge in [0.2, 0.25) is 0 Å². The third-order valence-electron chi connectivity index (χ3n) is 7.59. The first-order chi connectivity index (χ1) is 17.7. The summed E-state index contributed by atoms with van der Waals surface area (Å²) in [5.41, 5.74) is -2.61. The van der Waals surface area contributed by atoms with E-state index < -0.39 is 35.4 Å². The second-order valence-electron chi connectivity index (χ2n) is 11.0. The van der Waals surface area contributed by atoms with Gasteiger partial charge in [0.1, 0.15) is 12.4 Å². The molecular weight excluding hydrogens is 509 g/mol. The Bertz CT molecular complexity index is 1300. The number of benzene rings is 2. The van der Waals surface area contributed by atoms with E-state index >= 15 is 0 Å². The predicted octanol–water partition coefficient (Wildman–Crippen LogP) is 5.49. The number of imidazole rings is 1. The van der Waals surface area contributed by atoms with Gasteiger partial charge in [-0.1, -0.05) is 24.3 Å². The molecule has 1 saturated carbocycles. The number of ether oxygens (including phenoxy) is 1. The van der Waals surface area contributed by atoms with Crippen LogP contribution in [0.3, 0.4) is 0 Å². The Morgan fingerprint density at radius 2 is 1.79 bits per heavy atom. The number of piperidine rings is 1. The summed E-state index contributed by atoms with van der Waals surface area (Å²) in [6.45, 7) is 3.50. The number of nitrogens with zero attached hydrogens (tertiary/aromatic N) is 2. The van der Waals surface area contributed by atoms with Crippen LogP contribution in [0.4, 0.5) is 22.0 Å². The standard InChI is InChI=1S/C27H30F5N3O3/c1-15-9-26(37,17-5-3-16(4-6-17)24(28)29)10-18(34-15)13-38-20-7-21(27(30,31)32)23-22(8-20)33-14-35(23)19-11-25(2,36)12-19/h3-8,14-15,18-19,24,34,36-37H,9-13H2,1-2H3/t15-,18-,19?,25?,26-/m0/s1. The van der Waals surface area contributed by atoms with Crippen molar-refractivity contribution >= 4 is 11.0 Å². The highest BCUT2D eigenvalue weighted by Crippen LogP contribution is 2.45. The number of aromatic nitrogens is 2. The van der Waals surface area contributed by atoms with E-state index in [4.69, 9.17) is 4.74 Å². The number of alkyl halides is 5. The highest BCUT2D eigenvalue weighted by Gasteiger charge is 2.43. The fraction of sp³-hybridized carbons (Fsp3) is 0.519. The van der Waals surface area contributed by atoms with Crippen molar-refractivity contribution in [3.8, 4) is 5.75 Å². The molecule has 0 unspecified atom stereocenters. The van der Waals surface area contributed by atoms with Gasteiger partial charge in [-0.3, -0.25) is 0 Å². The summed E-state index contributed by atoms with van der Waals surface area (Å²) in [6.07, 6.45) is -4.68. The van der Waals surface area contributed by atoms with Gasteiger partial charge in [0.05, 0.1) is 34.1 Å². The molecule has 0 amide bonds. The lowest BCUT2D eigenvalue weighted by molar-refractivity contribution is -0.136. The van der Waals surface area contributed by atoms with Crippen molar-refractivity contribution in [2.24, 2.45) is 0 Å². The molecule has 206 valence electrons. The fourth-order valence-electron chi connectivity index (χ4n) is 5.87. The van der Waals surface area contributed by atoms with Crippen LogP contribution in [0.25, 0.3) is 11.0 Å². The van der Waals surface area contributed by atoms with E-state index in [0.717, 1.165) is 6.07 Å². The van der Waals surface area contributed by atoms with Gasteiger partial charge in [-0.05, 0) is 51.2 Å². The zero-order chi connectivity index (χ0) is 27.5. The normalized spacial score (nSPS) is 30.0. The summed E-state index contributed by atoms with van der Waals surface area (Å²) in [6, 6.07) is 7.12. The molecule has 2 aromatic carbocycles. The minimum absolute atomic E-state index is 0.000494. The molecule has 3 atom stereocenters. The Morgan fingerprint density at radius 3 is 2.39 bits per heavy atom. The Hall–Kier alpha value is -2.76. The smallest absolute Gasteiger partial charge is 0.418 e. The van der Waals surface area contributed by atoms with Crippen molar-refractivity contribution in [3.63, 3.8) is 0 Å². The highest BCUT2D eigenvalue weighted by atomic mass is 19.4. The summed E-state index contributed by atoms with van der Waals surface area (Å²) in [7, 11) is 0. The monoisotopic (exact) mass is 539 g/mol. The molecule has 2 heterocycles. The van der Waals surface area contributed by atoms with Gasteiger partial charge in [-0.15, -0.1) is 0 Å². The number of hydrogen-bond donors (Lipinski definition) is 3. The van der Waals surface area contributed by atoms with E-state index in [1.807, 2.05) is 6.92 Å². The number of halogens is 5. The van der Waals surface area contributed by atoms with Crippen LogP contribution in [0.2, 0.25) is 0 Å². The molecule has 1 aliphatic carbocycles. The van der Waals surface area contributed by atoms with E-state index in [0.29, 0.717) is 24.8 Å². The number of nitrogens with one attached hydrogen (secondary N) is 1. The van der Waals surface area contributed by atoms with Crippen LogP contribution in [0.1, 0.15) is 68.7 Å². The third-order valence-corrected chi connectivity index (χ3v) is 7.59. The van der Waals surface area contributed by atoms with E-state index in [9.17, 15) is 32.2 Å². The topological polar surface area (TPSA) is 79.5 Å². The lowest BCUT2D eigenvalue weighted by atomic mass is 9.77. The summed E-state index contributed by atoms with van der Waals surface area (Å²) in [5.74, 6) is 0.000494. The minimum Gasteiger partial charge on any atom is -0.492 e. The fourth-order valence-corrected chi connectivity index (χ4v) is 5.87. The maximum Gasteiger partial charge on any atom is 0.418 e. The number of hydrogen-bond acceptors (Lipinski definition) is 5. The average molecular weight is 540 g/mol. The molecule has 2 fully saturated rings. The zero-order valence-corrected chi connectivity index (χ0v) is 21.0. The number of rotatable bonds is 6. The van der Waals surface area contributed by atoms with Crippen LogP contribution < -0.4 is 10.1 Å². The van der Waals surface area contributed by atoms with Crippen molar-refractivity contribution in [2.75, 3.05) is 6.61 Å². The van der Waals surface area contributed by atoms with Gasteiger partial charge in [-0.2, -0.15) is 13.2 Å². The molecule has 0 bridgehead atoms. The van der Waals surface area contributed by atoms with E-state index in [-0.39, 0.29) is 47.5 Å². The highest BCUT2D eigenvalue weighted by molar-refractivity contribution is 5.82. The molecule has 1 aliphatic heterocycles. The van der Waals surface area contributed by atoms with Gasteiger partial charge in [0.25, 0.3) is 6.43 Å². The maximum atomic E-state index is 14.1. The average Bonchev–Trinajstić information content (AvgIpc) is 3.23. The first kappa shape index (κ1) is 26.8. The third kappa shape index (κ3) is 5.23. The molecule has 2 aliphatic rings. The van der Waals surface area contributed by atoms with Gasteiger partial charge in [0, 0.05) is 29.8 Å². The van der Waals surface area contributed by atoms with E-state index in [1.54, 1.807) is 6.92 Å². The molecule has 38 heavy (non-hydrogen) atoms. The molecule has 3 N–H and O–H groups in total. The summed E-state index contributed by atoms with van der Waals surface area (Å²) < 4.78 is 75.4. The number of fused-ring (bicyclic) bond motifs is 1. The maximum absolute atomic E-state index is 14.1. The molecule has 1 saturated heterocycles. The molecule has 0 spiro atoms. The Kier molecular flexibility index (Phi) is 6.68. The molecule has 5 rings (SSSR count). The summed E-state index contributed by atoms with van der Waals surface area (Å²) >= 11 is 0. The molecular formula is C27H30F5N3O3. The zero-order valence-electron chi connectivity index (χ0n) is 21.0. The number of aliphatic hydroxyl groups is 2. The second kappa shape index (κ2) is 9.46. The largest absolute Gasteiger partial charge is 0.492 e. The van der Waals surface area contributed by atoms with Crippen LogP contribution in [-0.2, 0) is 11.8 Å². The van der Waals surface area contributed by atoms with E-state index in [2.05, 4.69) is 10.3 Å². The molecule has 6 nitrogen and oxygen atoms in total. The Labute approximate surface area is 216 Å². The van der Waals surface area contributed by atoms with Crippen LogP contribution in [0.5, 0.6) is 5.75 Å². The van der Waals surface area contributed by atoms with Gasteiger partial charge >= 0.3 is 6.18 Å². The summed E-state index contributed by atoms with van der Waals surface area (Å²) in [4.78, 5) is 4.19. The van der Waals surface area contributed by atoms with Crippen LogP contribution in [0.15, 0.2) is 42.7 Å². The van der Waals surface area contributed by atoms with Crippen molar-refractivity contribution in [2.45, 2.75) is 81.5 Å². The Morgan fingerprint density at radius 1 is 1.11 bits per heavy atom. The van der Waals surface area contributed by atoms with Crippen molar-refractivity contribution < 1.29 is 36.9 Å². The van der Waals surface area contributed by atoms with Gasteiger partial charge < -0.3 is 24.8 Å². The minimum atomic E-state index is -4.65. The molecule has 11 heteroatoms. The molecule has 3 aromatic rings. The molecule has 1 aromatic heterocycles. The first-order valence-corrected chi connectivity index (χ1v) is 12.5. The lowest BCUT2D eigenvalue weighted by Crippen LogP contribution is -2.53. The second-order valence-corrected chi connectivity index (χ2v) is 11.0. The van der Waals surface area contributed by atoms with E-state index in [1.165, 1.54) is 41.2 Å². The van der Waals surface area contributed by atoms with Crippen molar-refractivity contribution in [3.05, 3.63) is 59.4 Å². The van der Waals surface area contributed by atoms with Gasteiger partial charge in [-0.25, -0.2) is 13.8 Å². The SMILES string of the molecule is C[C@H]1C[C@@](O)(c2ccc(C(F)F)cc2)C[C@@H](COc2cc(C(F)(F)F)c3c(c2)ncn3C2CC(C)(O)C2)N1. The molecule has 0 radical (unpaired) electrons. The van der Waals surface area contributed by atoms with Crippen molar-refractivity contribution in [1.29, 1.82) is 0 Å². The predicted molar refractivity (Wildman–Crippen MR) is 130 cm³/mol. The Balaban J connectivity index is 1.35. The van der Waals surface area contributed by atoms with Crippen LogP contribution in [-0.4, -0.2) is 44.1 Å². The van der Waals surface area contributed by atoms with Crippen LogP contribution in [0, 0.1) is 0 Å².